The van der Waals surface area contributed by atoms with Crippen molar-refractivity contribution in [2.45, 2.75) is 310 Å². The van der Waals surface area contributed by atoms with Gasteiger partial charge >= 0.3 is 0 Å². The summed E-state index contributed by atoms with van der Waals surface area (Å²) >= 11 is 0. The Hall–Kier alpha value is -0.800. The Morgan fingerprint density at radius 2 is 0.538 bits per heavy atom. The highest BCUT2D eigenvalue weighted by Gasteiger charge is 2.13. The Labute approximate surface area is 406 Å². The third-order valence-corrected chi connectivity index (χ3v) is 12.6. The Bertz CT molecular complexity index is 812. The van der Waals surface area contributed by atoms with E-state index in [4.69, 9.17) is 33.2 Å². The maximum atomic E-state index is 6.30. The van der Waals surface area contributed by atoms with Crippen LogP contribution in [0.2, 0.25) is 0 Å². The van der Waals surface area contributed by atoms with E-state index in [-0.39, 0.29) is 12.6 Å². The van der Waals surface area contributed by atoms with Crippen LogP contribution in [0, 0.1) is 0 Å². The molecule has 0 aromatic heterocycles. The van der Waals surface area contributed by atoms with Crippen molar-refractivity contribution in [2.75, 3.05) is 40.6 Å². The predicted octanol–water partition coefficient (Wildman–Crippen LogP) is 18.5. The van der Waals surface area contributed by atoms with Crippen LogP contribution in [-0.2, 0) is 33.2 Å². The van der Waals surface area contributed by atoms with Crippen molar-refractivity contribution < 1.29 is 33.2 Å². The number of unbranched alkanes of at least 4 members (excludes halogenated alkanes) is 32. The predicted molar refractivity (Wildman–Crippen MR) is 280 cm³/mol. The molecule has 0 spiro atoms. The quantitative estimate of drug-likeness (QED) is 0.0342. The first-order valence-corrected chi connectivity index (χ1v) is 28.7. The molecule has 0 saturated heterocycles. The molecule has 0 radical (unpaired) electrons. The first-order valence-electron chi connectivity index (χ1n) is 28.7. The number of hydrogen-bond donors (Lipinski definition) is 0. The Balaban J connectivity index is 4.63. The molecule has 388 valence electrons. The molecule has 0 aromatic rings. The van der Waals surface area contributed by atoms with Crippen LogP contribution in [0.3, 0.4) is 0 Å². The fourth-order valence-corrected chi connectivity index (χ4v) is 8.28. The zero-order chi connectivity index (χ0) is 47.2. The van der Waals surface area contributed by atoms with E-state index in [0.29, 0.717) is 0 Å². The molecule has 2 atom stereocenters. The van der Waals surface area contributed by atoms with Gasteiger partial charge in [-0.15, -0.1) is 0 Å². The maximum Gasteiger partial charge on any atom is 0.179 e. The van der Waals surface area contributed by atoms with Crippen molar-refractivity contribution >= 4 is 0 Å². The topological polar surface area (TPSA) is 64.6 Å². The lowest BCUT2D eigenvalue weighted by atomic mass is 10.1. The largest absolute Gasteiger partial charge is 0.353 e. The van der Waals surface area contributed by atoms with Crippen molar-refractivity contribution in [3.8, 4) is 0 Å². The van der Waals surface area contributed by atoms with Gasteiger partial charge in [0.2, 0.25) is 0 Å². The lowest BCUT2D eigenvalue weighted by molar-refractivity contribution is -0.188. The van der Waals surface area contributed by atoms with Crippen LogP contribution in [0.4, 0.5) is 0 Å². The van der Waals surface area contributed by atoms with Gasteiger partial charge in [-0.1, -0.05) is 220 Å². The molecule has 0 aliphatic heterocycles. The van der Waals surface area contributed by atoms with Crippen LogP contribution < -0.4 is 0 Å². The summed E-state index contributed by atoms with van der Waals surface area (Å²) in [5, 5.41) is 0. The molecule has 0 heterocycles. The van der Waals surface area contributed by atoms with Gasteiger partial charge in [0.05, 0.1) is 0 Å². The molecule has 0 amide bonds. The summed E-state index contributed by atoms with van der Waals surface area (Å²) in [6, 6.07) is 0. The SMILES string of the molecule is CCCCCCCCCCOC(CCCCC=CC(OC)OC(C=CCCCCC(OCCCCCCCCCC)OCCCCCCCCCC)OC)OCCCCCCCCCC. The Morgan fingerprint density at radius 3 is 0.785 bits per heavy atom. The molecule has 0 N–H and O–H groups in total. The summed E-state index contributed by atoms with van der Waals surface area (Å²) < 4.78 is 42.6. The molecule has 0 bridgehead atoms. The minimum atomic E-state index is -0.459. The molecule has 0 saturated carbocycles. The smallest absolute Gasteiger partial charge is 0.179 e. The van der Waals surface area contributed by atoms with Gasteiger partial charge in [-0.3, -0.25) is 0 Å². The Kier molecular flexibility index (Phi) is 55.1. The van der Waals surface area contributed by atoms with E-state index in [9.17, 15) is 0 Å². The van der Waals surface area contributed by atoms with Crippen LogP contribution in [0.15, 0.2) is 24.3 Å². The molecule has 0 fully saturated rings. The summed E-state index contributed by atoms with van der Waals surface area (Å²) in [7, 11) is 3.38. The molecule has 0 aromatic carbocycles. The summed E-state index contributed by atoms with van der Waals surface area (Å²) in [5.74, 6) is 0. The first-order chi connectivity index (χ1) is 32.1. The van der Waals surface area contributed by atoms with Crippen LogP contribution in [0.1, 0.15) is 285 Å². The highest BCUT2D eigenvalue weighted by atomic mass is 16.8. The van der Waals surface area contributed by atoms with Crippen LogP contribution in [0.5, 0.6) is 0 Å². The van der Waals surface area contributed by atoms with Gasteiger partial charge in [0.1, 0.15) is 0 Å². The average Bonchev–Trinajstić information content (AvgIpc) is 3.32. The average molecular weight is 924 g/mol. The van der Waals surface area contributed by atoms with Crippen molar-refractivity contribution in [1.82, 2.24) is 0 Å². The van der Waals surface area contributed by atoms with Crippen LogP contribution >= 0.6 is 0 Å². The number of allylic oxidation sites excluding steroid dienone is 2. The second-order valence-electron chi connectivity index (χ2n) is 19.0. The monoisotopic (exact) mass is 923 g/mol. The van der Waals surface area contributed by atoms with E-state index < -0.39 is 12.6 Å². The zero-order valence-electron chi connectivity index (χ0n) is 44.6. The standard InChI is InChI=1S/C58H114O7/c1-7-11-15-19-23-27-35-43-51-61-57(62-52-44-36-28-24-20-16-12-8-2)49-41-33-31-39-47-55(59-5)65-56(60-6)48-40-32-34-42-50-58(63-53-45-37-29-25-21-17-13-9-3)64-54-46-38-30-26-22-18-14-10-4/h39-40,47-48,55-58H,7-38,41-46,49-54H2,1-6H3. The number of methoxy groups -OCH3 is 2. The second kappa shape index (κ2) is 55.8. The van der Waals surface area contributed by atoms with Gasteiger partial charge in [-0.2, -0.15) is 0 Å². The van der Waals surface area contributed by atoms with Crippen LogP contribution in [0.25, 0.3) is 0 Å². The van der Waals surface area contributed by atoms with Gasteiger partial charge < -0.3 is 33.2 Å². The summed E-state index contributed by atoms with van der Waals surface area (Å²) in [6.45, 7) is 12.4. The number of rotatable bonds is 56. The first kappa shape index (κ1) is 64.2. The summed E-state index contributed by atoms with van der Waals surface area (Å²) in [4.78, 5) is 0. The van der Waals surface area contributed by atoms with Crippen molar-refractivity contribution in [3.05, 3.63) is 24.3 Å². The molecule has 65 heavy (non-hydrogen) atoms. The molecule has 0 rings (SSSR count). The summed E-state index contributed by atoms with van der Waals surface area (Å²) in [5.41, 5.74) is 0. The summed E-state index contributed by atoms with van der Waals surface area (Å²) in [6.07, 6.45) is 57.5. The van der Waals surface area contributed by atoms with Crippen LogP contribution in [-0.4, -0.2) is 65.8 Å². The van der Waals surface area contributed by atoms with E-state index in [1.807, 2.05) is 12.2 Å². The van der Waals surface area contributed by atoms with Gasteiger partial charge in [-0.05, 0) is 89.2 Å². The number of ether oxygens (including phenoxy) is 7. The van der Waals surface area contributed by atoms with Crippen molar-refractivity contribution in [3.63, 3.8) is 0 Å². The third-order valence-electron chi connectivity index (χ3n) is 12.6. The van der Waals surface area contributed by atoms with E-state index in [0.717, 1.165) is 103 Å². The van der Waals surface area contributed by atoms with Crippen molar-refractivity contribution in [1.29, 1.82) is 0 Å². The fraction of sp³-hybridized carbons (Fsp3) is 0.931. The highest BCUT2D eigenvalue weighted by Crippen LogP contribution is 2.17. The second-order valence-corrected chi connectivity index (χ2v) is 19.0. The minimum absolute atomic E-state index is 0.0884. The lowest BCUT2D eigenvalue weighted by Gasteiger charge is -2.19. The molecular weight excluding hydrogens is 809 g/mol. The van der Waals surface area contributed by atoms with E-state index in [1.165, 1.54) is 180 Å². The zero-order valence-corrected chi connectivity index (χ0v) is 44.6. The van der Waals surface area contributed by atoms with Gasteiger partial charge in [-0.25, -0.2) is 0 Å². The lowest BCUT2D eigenvalue weighted by Crippen LogP contribution is -2.22. The Morgan fingerprint density at radius 1 is 0.292 bits per heavy atom. The molecule has 2 unspecified atom stereocenters. The van der Waals surface area contributed by atoms with E-state index >= 15 is 0 Å². The maximum absolute atomic E-state index is 6.30. The third kappa shape index (κ3) is 49.4. The van der Waals surface area contributed by atoms with Gasteiger partial charge in [0, 0.05) is 40.6 Å². The van der Waals surface area contributed by atoms with Gasteiger partial charge in [0.25, 0.3) is 0 Å². The minimum Gasteiger partial charge on any atom is -0.353 e. The molecule has 7 nitrogen and oxygen atoms in total. The molecule has 0 aliphatic carbocycles. The highest BCUT2D eigenvalue weighted by molar-refractivity contribution is 4.89. The molecular formula is C58H114O7. The number of hydrogen-bond acceptors (Lipinski definition) is 7. The van der Waals surface area contributed by atoms with E-state index in [2.05, 4.69) is 39.8 Å². The normalized spacial score (nSPS) is 13.2. The molecule has 7 heteroatoms. The van der Waals surface area contributed by atoms with E-state index in [1.54, 1.807) is 14.2 Å². The van der Waals surface area contributed by atoms with Crippen molar-refractivity contribution in [2.24, 2.45) is 0 Å². The molecule has 0 aliphatic rings. The fourth-order valence-electron chi connectivity index (χ4n) is 8.28. The van der Waals surface area contributed by atoms with Gasteiger partial charge in [0.15, 0.2) is 25.2 Å².